The first-order valence-corrected chi connectivity index (χ1v) is 5.39. The minimum Gasteiger partial charge on any atom is -0.305 e. The smallest absolute Gasteiger partial charge is 0.0106 e. The van der Waals surface area contributed by atoms with Gasteiger partial charge in [0.15, 0.2) is 0 Å². The molecule has 0 aromatic carbocycles. The molecule has 0 spiro atoms. The lowest BCUT2D eigenvalue weighted by Gasteiger charge is -2.15. The summed E-state index contributed by atoms with van der Waals surface area (Å²) in [7, 11) is 4.41. The number of hydrogen-bond acceptors (Lipinski definition) is 2. The van der Waals surface area contributed by atoms with Crippen LogP contribution in [0.1, 0.15) is 20.8 Å². The van der Waals surface area contributed by atoms with Gasteiger partial charge in [0.25, 0.3) is 0 Å². The number of hydrogen-bond donors (Lipinski definition) is 0. The molecule has 1 heterocycles. The van der Waals surface area contributed by atoms with E-state index in [-0.39, 0.29) is 0 Å². The second-order valence-electron chi connectivity index (χ2n) is 3.63. The van der Waals surface area contributed by atoms with Crippen molar-refractivity contribution in [1.82, 2.24) is 9.80 Å². The largest absolute Gasteiger partial charge is 0.305 e. The Bertz CT molecular complexity index is 120. The Balaban J connectivity index is 0. The predicted octanol–water partition coefficient (Wildman–Crippen LogP) is 1.78. The Kier molecular flexibility index (Phi) is 12.0. The van der Waals surface area contributed by atoms with Gasteiger partial charge in [-0.2, -0.15) is 0 Å². The van der Waals surface area contributed by atoms with Crippen molar-refractivity contribution in [3.8, 4) is 12.8 Å². The fraction of sp³-hybridized carbons (Fsp3) is 0.833. The van der Waals surface area contributed by atoms with Gasteiger partial charge in [-0.3, -0.25) is 0 Å². The summed E-state index contributed by atoms with van der Waals surface area (Å²) in [6.45, 7) is 11.3. The zero-order chi connectivity index (χ0) is 11.6. The summed E-state index contributed by atoms with van der Waals surface area (Å²) in [6, 6.07) is 0. The quantitative estimate of drug-likeness (QED) is 0.547. The molecule has 1 aliphatic rings. The monoisotopic (exact) mass is 198 g/mol. The molecule has 14 heavy (non-hydrogen) atoms. The molecule has 0 radical (unpaired) electrons. The summed E-state index contributed by atoms with van der Waals surface area (Å²) in [5, 5.41) is 0. The van der Waals surface area contributed by atoms with Crippen LogP contribution in [0.4, 0.5) is 0 Å². The molecule has 2 nitrogen and oxygen atoms in total. The summed E-state index contributed by atoms with van der Waals surface area (Å²) >= 11 is 0. The maximum Gasteiger partial charge on any atom is 0.0106 e. The highest BCUT2D eigenvalue weighted by Crippen LogP contribution is 2.04. The van der Waals surface area contributed by atoms with E-state index in [9.17, 15) is 0 Å². The topological polar surface area (TPSA) is 6.48 Å². The molecule has 0 amide bonds. The Morgan fingerprint density at radius 1 is 0.929 bits per heavy atom. The summed E-state index contributed by atoms with van der Waals surface area (Å²) in [5.74, 6) is 0.831. The molecule has 0 aromatic heterocycles. The lowest BCUT2D eigenvalue weighted by atomic mass is 10.2. The Morgan fingerprint density at radius 2 is 1.21 bits per heavy atom. The zero-order valence-corrected chi connectivity index (χ0v) is 10.5. The third-order valence-electron chi connectivity index (χ3n) is 2.11. The summed E-state index contributed by atoms with van der Waals surface area (Å²) in [6.07, 6.45) is 8.00. The third kappa shape index (κ3) is 8.10. The van der Waals surface area contributed by atoms with Crippen LogP contribution in [0.15, 0.2) is 0 Å². The number of nitrogens with zero attached hydrogens (tertiary/aromatic N) is 2. The van der Waals surface area contributed by atoms with Crippen LogP contribution in [0.2, 0.25) is 0 Å². The summed E-state index contributed by atoms with van der Waals surface area (Å²) in [4.78, 5) is 4.82. The van der Waals surface area contributed by atoms with Gasteiger partial charge in [0.05, 0.1) is 0 Å². The first kappa shape index (κ1) is 15.9. The van der Waals surface area contributed by atoms with Crippen LogP contribution >= 0.6 is 0 Å². The first-order valence-electron chi connectivity index (χ1n) is 5.39. The van der Waals surface area contributed by atoms with E-state index in [1.54, 1.807) is 0 Å². The highest BCUT2D eigenvalue weighted by atomic mass is 15.2. The van der Waals surface area contributed by atoms with Crippen molar-refractivity contribution < 1.29 is 0 Å². The van der Waals surface area contributed by atoms with Crippen LogP contribution in [0, 0.1) is 18.8 Å². The Labute approximate surface area is 90.3 Å². The normalized spacial score (nSPS) is 19.6. The predicted molar refractivity (Wildman–Crippen MR) is 65.4 cm³/mol. The van der Waals surface area contributed by atoms with Crippen molar-refractivity contribution in [3.63, 3.8) is 0 Å². The van der Waals surface area contributed by atoms with Crippen molar-refractivity contribution in [2.75, 3.05) is 40.3 Å². The molecule has 0 aliphatic carbocycles. The second-order valence-corrected chi connectivity index (χ2v) is 3.63. The number of rotatable bonds is 0. The second kappa shape index (κ2) is 10.6. The lowest BCUT2D eigenvalue weighted by molar-refractivity contribution is 0.320. The summed E-state index contributed by atoms with van der Waals surface area (Å²) < 4.78 is 0. The van der Waals surface area contributed by atoms with Crippen molar-refractivity contribution >= 4 is 0 Å². The van der Waals surface area contributed by atoms with E-state index < -0.39 is 0 Å². The van der Waals surface area contributed by atoms with Crippen LogP contribution < -0.4 is 0 Å². The van der Waals surface area contributed by atoms with Gasteiger partial charge in [-0.1, -0.05) is 20.8 Å². The van der Waals surface area contributed by atoms with Crippen molar-refractivity contribution in [2.24, 2.45) is 5.92 Å². The molecule has 1 rings (SSSR count). The van der Waals surface area contributed by atoms with E-state index in [4.69, 9.17) is 0 Å². The van der Waals surface area contributed by atoms with E-state index in [1.807, 2.05) is 13.8 Å². The molecule has 1 saturated heterocycles. The van der Waals surface area contributed by atoms with Crippen LogP contribution in [0.3, 0.4) is 0 Å². The minimum absolute atomic E-state index is 0.831. The van der Waals surface area contributed by atoms with E-state index in [0.29, 0.717) is 0 Å². The van der Waals surface area contributed by atoms with Gasteiger partial charge in [0.1, 0.15) is 0 Å². The molecule has 0 N–H and O–H groups in total. The molecule has 0 bridgehead atoms. The Morgan fingerprint density at radius 3 is 1.50 bits per heavy atom. The fourth-order valence-corrected chi connectivity index (χ4v) is 1.65. The maximum absolute atomic E-state index is 4.00. The number of terminal acetylenes is 1. The average molecular weight is 198 g/mol. The van der Waals surface area contributed by atoms with Gasteiger partial charge in [-0.05, 0) is 20.0 Å². The van der Waals surface area contributed by atoms with E-state index in [0.717, 1.165) is 5.92 Å². The van der Waals surface area contributed by atoms with Crippen molar-refractivity contribution in [3.05, 3.63) is 0 Å². The molecule has 0 aromatic rings. The van der Waals surface area contributed by atoms with E-state index >= 15 is 0 Å². The van der Waals surface area contributed by atoms with Crippen LogP contribution in [0.5, 0.6) is 0 Å². The van der Waals surface area contributed by atoms with Gasteiger partial charge in [0.2, 0.25) is 0 Å². The molecule has 84 valence electrons. The molecule has 1 fully saturated rings. The molecule has 2 heteroatoms. The van der Waals surface area contributed by atoms with Gasteiger partial charge >= 0.3 is 0 Å². The molecular formula is C12H26N2. The van der Waals surface area contributed by atoms with Crippen LogP contribution in [0.25, 0.3) is 0 Å². The lowest BCUT2D eigenvalue weighted by Crippen LogP contribution is -2.25. The summed E-state index contributed by atoms with van der Waals surface area (Å²) in [5.41, 5.74) is 0. The molecule has 0 saturated carbocycles. The SMILES string of the molecule is C#C.CC.CC1CN(C)CCN(C)C1. The average Bonchev–Trinajstić information content (AvgIpc) is 2.34. The Hall–Kier alpha value is -0.520. The maximum atomic E-state index is 4.00. The van der Waals surface area contributed by atoms with Crippen LogP contribution in [-0.4, -0.2) is 50.1 Å². The van der Waals surface area contributed by atoms with Gasteiger partial charge < -0.3 is 9.80 Å². The zero-order valence-electron chi connectivity index (χ0n) is 10.5. The molecule has 1 aliphatic heterocycles. The third-order valence-corrected chi connectivity index (χ3v) is 2.11. The highest BCUT2D eigenvalue weighted by molar-refractivity contribution is 4.68. The van der Waals surface area contributed by atoms with E-state index in [1.165, 1.54) is 26.2 Å². The van der Waals surface area contributed by atoms with Crippen molar-refractivity contribution in [2.45, 2.75) is 20.8 Å². The van der Waals surface area contributed by atoms with Gasteiger partial charge in [0, 0.05) is 26.2 Å². The number of likely N-dealkylation sites (N-methyl/N-ethyl adjacent to an activating group) is 2. The van der Waals surface area contributed by atoms with E-state index in [2.05, 4.69) is 43.7 Å². The first-order chi connectivity index (χ1) is 6.68. The standard InChI is InChI=1S/C8H18N2.C2H6.C2H2/c1-8-6-9(2)4-5-10(3)7-8;2*1-2/h8H,4-7H2,1-3H3;1-2H3;1-2H. The van der Waals surface area contributed by atoms with Gasteiger partial charge in [-0.25, -0.2) is 0 Å². The highest BCUT2D eigenvalue weighted by Gasteiger charge is 2.13. The van der Waals surface area contributed by atoms with Crippen molar-refractivity contribution in [1.29, 1.82) is 0 Å². The molecule has 0 unspecified atom stereocenters. The molecule has 0 atom stereocenters. The fourth-order valence-electron chi connectivity index (χ4n) is 1.65. The van der Waals surface area contributed by atoms with Gasteiger partial charge in [-0.15, -0.1) is 12.8 Å². The minimum atomic E-state index is 0.831. The molecular weight excluding hydrogens is 172 g/mol. The van der Waals surface area contributed by atoms with Crippen LogP contribution in [-0.2, 0) is 0 Å².